The quantitative estimate of drug-likeness (QED) is 0.346. The first-order valence-corrected chi connectivity index (χ1v) is 10.8. The van der Waals surface area contributed by atoms with Gasteiger partial charge in [-0.15, -0.1) is 0 Å². The van der Waals surface area contributed by atoms with Crippen LogP contribution in [0.5, 0.6) is 5.75 Å². The van der Waals surface area contributed by atoms with Gasteiger partial charge in [-0.1, -0.05) is 18.6 Å². The van der Waals surface area contributed by atoms with Crippen molar-refractivity contribution in [3.8, 4) is 5.75 Å². The first-order chi connectivity index (χ1) is 13.7. The van der Waals surface area contributed by atoms with Crippen molar-refractivity contribution in [2.24, 2.45) is 4.99 Å². The van der Waals surface area contributed by atoms with E-state index in [9.17, 15) is 0 Å². The molecule has 0 atom stereocenters. The molecule has 0 unspecified atom stereocenters. The molecule has 158 valence electrons. The van der Waals surface area contributed by atoms with Crippen LogP contribution in [0.1, 0.15) is 38.2 Å². The minimum absolute atomic E-state index is 0.667. The molecule has 6 nitrogen and oxygen atoms in total. The third-order valence-electron chi connectivity index (χ3n) is 4.87. The number of rotatable bonds is 11. The molecule has 1 aromatic rings. The topological polar surface area (TPSA) is 52.1 Å². The lowest BCUT2D eigenvalue weighted by Crippen LogP contribution is -2.42. The van der Waals surface area contributed by atoms with Crippen LogP contribution in [-0.2, 0) is 6.54 Å². The summed E-state index contributed by atoms with van der Waals surface area (Å²) in [5.74, 6) is 1.82. The van der Waals surface area contributed by atoms with E-state index in [2.05, 4.69) is 53.6 Å². The lowest BCUT2D eigenvalue weighted by atomic mass is 10.1. The van der Waals surface area contributed by atoms with Crippen LogP contribution < -0.4 is 15.4 Å². The highest BCUT2D eigenvalue weighted by molar-refractivity contribution is 5.79. The number of aliphatic imine (C=N–C) groups is 1. The summed E-state index contributed by atoms with van der Waals surface area (Å²) in [7, 11) is 4.17. The van der Waals surface area contributed by atoms with Gasteiger partial charge in [-0.25, -0.2) is 4.99 Å². The molecule has 1 aromatic carbocycles. The first-order valence-electron chi connectivity index (χ1n) is 10.8. The van der Waals surface area contributed by atoms with Crippen molar-refractivity contribution in [2.45, 2.75) is 39.2 Å². The van der Waals surface area contributed by atoms with E-state index in [1.165, 1.54) is 37.9 Å². The summed E-state index contributed by atoms with van der Waals surface area (Å²) >= 11 is 0. The largest absolute Gasteiger partial charge is 0.494 e. The van der Waals surface area contributed by atoms with Crippen molar-refractivity contribution in [2.75, 3.05) is 60.0 Å². The molecule has 1 fully saturated rings. The van der Waals surface area contributed by atoms with E-state index in [0.717, 1.165) is 50.9 Å². The second kappa shape index (κ2) is 13.4. The number of hydrogen-bond donors (Lipinski definition) is 2. The average Bonchev–Trinajstić information content (AvgIpc) is 2.71. The Kier molecular flexibility index (Phi) is 10.8. The fraction of sp³-hybridized carbons (Fsp3) is 0.682. The molecule has 1 saturated heterocycles. The zero-order chi connectivity index (χ0) is 20.0. The number of likely N-dealkylation sites (tertiary alicyclic amines) is 1. The van der Waals surface area contributed by atoms with Gasteiger partial charge in [0.1, 0.15) is 5.75 Å². The van der Waals surface area contributed by atoms with Gasteiger partial charge in [0.05, 0.1) is 13.2 Å². The molecule has 0 bridgehead atoms. The maximum Gasteiger partial charge on any atom is 0.191 e. The molecule has 2 N–H and O–H groups in total. The van der Waals surface area contributed by atoms with Crippen molar-refractivity contribution >= 4 is 5.96 Å². The lowest BCUT2D eigenvalue weighted by molar-refractivity contribution is 0.232. The van der Waals surface area contributed by atoms with Gasteiger partial charge in [-0.3, -0.25) is 0 Å². The third kappa shape index (κ3) is 9.42. The number of piperidine rings is 1. The number of guanidine groups is 1. The highest BCUT2D eigenvalue weighted by Gasteiger charge is 2.09. The van der Waals surface area contributed by atoms with Crippen LogP contribution in [-0.4, -0.2) is 75.7 Å². The molecule has 6 heteroatoms. The fourth-order valence-corrected chi connectivity index (χ4v) is 3.29. The molecule has 28 heavy (non-hydrogen) atoms. The Morgan fingerprint density at radius 2 is 1.86 bits per heavy atom. The van der Waals surface area contributed by atoms with Gasteiger partial charge in [0.25, 0.3) is 0 Å². The van der Waals surface area contributed by atoms with E-state index in [1.54, 1.807) is 0 Å². The van der Waals surface area contributed by atoms with Gasteiger partial charge in [0.2, 0.25) is 0 Å². The Morgan fingerprint density at radius 3 is 2.54 bits per heavy atom. The van der Waals surface area contributed by atoms with Gasteiger partial charge < -0.3 is 25.2 Å². The molecular weight excluding hydrogens is 350 g/mol. The van der Waals surface area contributed by atoms with E-state index >= 15 is 0 Å². The predicted molar refractivity (Wildman–Crippen MR) is 118 cm³/mol. The van der Waals surface area contributed by atoms with Crippen LogP contribution in [0.4, 0.5) is 0 Å². The van der Waals surface area contributed by atoms with Gasteiger partial charge in [0.15, 0.2) is 5.96 Å². The van der Waals surface area contributed by atoms with Crippen molar-refractivity contribution < 1.29 is 4.74 Å². The molecule has 1 heterocycles. The second-order valence-electron chi connectivity index (χ2n) is 7.67. The van der Waals surface area contributed by atoms with Crippen LogP contribution in [0.15, 0.2) is 29.3 Å². The average molecular weight is 390 g/mol. The Balaban J connectivity index is 1.72. The van der Waals surface area contributed by atoms with Crippen molar-refractivity contribution in [3.63, 3.8) is 0 Å². The Labute approximate surface area is 171 Å². The zero-order valence-corrected chi connectivity index (χ0v) is 18.0. The molecular formula is C22H39N5O. The SMILES string of the molecule is CCNC(=NCc1ccc(OCCCN(C)C)cc1)NCCN1CCCCC1. The van der Waals surface area contributed by atoms with Gasteiger partial charge in [-0.2, -0.15) is 0 Å². The molecule has 0 aromatic heterocycles. The third-order valence-corrected chi connectivity index (χ3v) is 4.87. The van der Waals surface area contributed by atoms with Gasteiger partial charge in [-0.05, 0) is 71.1 Å². The van der Waals surface area contributed by atoms with E-state index < -0.39 is 0 Å². The number of ether oxygens (including phenoxy) is 1. The molecule has 0 radical (unpaired) electrons. The van der Waals surface area contributed by atoms with Crippen LogP contribution in [0.3, 0.4) is 0 Å². The van der Waals surface area contributed by atoms with Crippen LogP contribution in [0.2, 0.25) is 0 Å². The minimum atomic E-state index is 0.667. The number of hydrogen-bond acceptors (Lipinski definition) is 4. The number of benzene rings is 1. The molecule has 0 amide bonds. The van der Waals surface area contributed by atoms with Crippen LogP contribution in [0, 0.1) is 0 Å². The summed E-state index contributed by atoms with van der Waals surface area (Å²) in [4.78, 5) is 9.43. The molecule has 1 aliphatic rings. The van der Waals surface area contributed by atoms with Crippen LogP contribution >= 0.6 is 0 Å². The molecule has 2 rings (SSSR count). The molecule has 1 aliphatic heterocycles. The predicted octanol–water partition coefficient (Wildman–Crippen LogP) is 2.56. The zero-order valence-electron chi connectivity index (χ0n) is 18.0. The summed E-state index contributed by atoms with van der Waals surface area (Å²) in [6.07, 6.45) is 5.09. The maximum atomic E-state index is 5.79. The summed E-state index contributed by atoms with van der Waals surface area (Å²) < 4.78 is 5.79. The second-order valence-corrected chi connectivity index (χ2v) is 7.67. The molecule has 0 aliphatic carbocycles. The van der Waals surface area contributed by atoms with Crippen molar-refractivity contribution in [3.05, 3.63) is 29.8 Å². The summed E-state index contributed by atoms with van der Waals surface area (Å²) in [6.45, 7) is 9.93. The number of nitrogens with one attached hydrogen (secondary N) is 2. The highest BCUT2D eigenvalue weighted by atomic mass is 16.5. The normalized spacial score (nSPS) is 15.6. The Morgan fingerprint density at radius 1 is 1.11 bits per heavy atom. The fourth-order valence-electron chi connectivity index (χ4n) is 3.29. The summed E-state index contributed by atoms with van der Waals surface area (Å²) in [5, 5.41) is 6.80. The highest BCUT2D eigenvalue weighted by Crippen LogP contribution is 2.13. The van der Waals surface area contributed by atoms with E-state index in [4.69, 9.17) is 9.73 Å². The monoisotopic (exact) mass is 389 g/mol. The van der Waals surface area contributed by atoms with E-state index in [-0.39, 0.29) is 0 Å². The van der Waals surface area contributed by atoms with E-state index in [1.807, 2.05) is 12.1 Å². The number of nitrogens with zero attached hydrogens (tertiary/aromatic N) is 3. The van der Waals surface area contributed by atoms with Gasteiger partial charge >= 0.3 is 0 Å². The first kappa shape index (κ1) is 22.5. The molecule has 0 saturated carbocycles. The minimum Gasteiger partial charge on any atom is -0.494 e. The Bertz CT molecular complexity index is 553. The van der Waals surface area contributed by atoms with Crippen molar-refractivity contribution in [1.82, 2.24) is 20.4 Å². The van der Waals surface area contributed by atoms with Crippen molar-refractivity contribution in [1.29, 1.82) is 0 Å². The summed E-state index contributed by atoms with van der Waals surface area (Å²) in [6, 6.07) is 8.28. The standard InChI is InChI=1S/C22H39N5O/c1-4-23-22(24-13-17-27-15-6-5-7-16-27)25-19-20-9-11-21(12-10-20)28-18-8-14-26(2)3/h9-12H,4-8,13-19H2,1-3H3,(H2,23,24,25). The summed E-state index contributed by atoms with van der Waals surface area (Å²) in [5.41, 5.74) is 1.19. The van der Waals surface area contributed by atoms with E-state index in [0.29, 0.717) is 6.54 Å². The maximum absolute atomic E-state index is 5.79. The van der Waals surface area contributed by atoms with Crippen LogP contribution in [0.25, 0.3) is 0 Å². The van der Waals surface area contributed by atoms with Gasteiger partial charge in [0, 0.05) is 26.2 Å². The Hall–Kier alpha value is -1.79. The smallest absolute Gasteiger partial charge is 0.191 e. The lowest BCUT2D eigenvalue weighted by Gasteiger charge is -2.26. The molecule has 0 spiro atoms.